The number of carbonyl (C=O) groups excluding carboxylic acids is 1. The number of nitro benzene ring substituents is 1. The molecule has 0 saturated heterocycles. The van der Waals surface area contributed by atoms with Gasteiger partial charge in [0.2, 0.25) is 0 Å². The number of azo groups is 1. The van der Waals surface area contributed by atoms with E-state index in [-0.39, 0.29) is 28.5 Å². The van der Waals surface area contributed by atoms with Crippen LogP contribution in [-0.2, 0) is 4.79 Å². The maximum absolute atomic E-state index is 12.4. The van der Waals surface area contributed by atoms with E-state index in [4.69, 9.17) is 0 Å². The number of fused-ring (bicyclic) bond motifs is 1. The molecule has 3 rings (SSSR count). The number of imidazole rings is 1. The fourth-order valence-corrected chi connectivity index (χ4v) is 2.36. The summed E-state index contributed by atoms with van der Waals surface area (Å²) >= 11 is 0. The highest BCUT2D eigenvalue weighted by Gasteiger charge is 2.15. The quantitative estimate of drug-likeness (QED) is 0.174. The molecule has 11 heteroatoms. The van der Waals surface area contributed by atoms with Crippen LogP contribution in [0.5, 0.6) is 0 Å². The molecule has 0 aliphatic carbocycles. The van der Waals surface area contributed by atoms with Crippen LogP contribution >= 0.6 is 0 Å². The van der Waals surface area contributed by atoms with Gasteiger partial charge in [0.25, 0.3) is 11.6 Å². The molecule has 0 unspecified atom stereocenters. The summed E-state index contributed by atoms with van der Waals surface area (Å²) in [7, 11) is 0. The zero-order valence-corrected chi connectivity index (χ0v) is 14.5. The molecule has 4 N–H and O–H groups in total. The number of nitrogens with zero attached hydrogens (tertiary/aromatic N) is 3. The average Bonchev–Trinajstić information content (AvgIpc) is 3.01. The normalized spacial score (nSPS) is 12.2. The van der Waals surface area contributed by atoms with Crippen molar-refractivity contribution in [1.82, 2.24) is 9.97 Å². The number of benzene rings is 2. The lowest BCUT2D eigenvalue weighted by molar-refractivity contribution is -0.384. The van der Waals surface area contributed by atoms with Crippen LogP contribution in [0, 0.1) is 10.1 Å². The summed E-state index contributed by atoms with van der Waals surface area (Å²) in [6.07, 6.45) is 0. The van der Waals surface area contributed by atoms with Gasteiger partial charge in [0.15, 0.2) is 5.70 Å². The van der Waals surface area contributed by atoms with Crippen LogP contribution in [0.3, 0.4) is 0 Å². The second-order valence-corrected chi connectivity index (χ2v) is 5.70. The molecule has 1 heterocycles. The van der Waals surface area contributed by atoms with Gasteiger partial charge in [-0.1, -0.05) is 6.07 Å². The molecule has 0 saturated carbocycles. The minimum Gasteiger partial charge on any atom is -0.510 e. The predicted molar refractivity (Wildman–Crippen MR) is 100 cm³/mol. The molecule has 0 atom stereocenters. The number of aromatic amines is 2. The van der Waals surface area contributed by atoms with Crippen LogP contribution in [0.25, 0.3) is 11.0 Å². The van der Waals surface area contributed by atoms with Crippen LogP contribution in [0.4, 0.5) is 17.1 Å². The third kappa shape index (κ3) is 4.09. The molecule has 28 heavy (non-hydrogen) atoms. The van der Waals surface area contributed by atoms with Crippen molar-refractivity contribution in [2.24, 2.45) is 10.2 Å². The third-order valence-electron chi connectivity index (χ3n) is 3.64. The number of rotatable bonds is 5. The predicted octanol–water partition coefficient (Wildman–Crippen LogP) is 3.28. The van der Waals surface area contributed by atoms with E-state index in [1.165, 1.54) is 31.2 Å². The summed E-state index contributed by atoms with van der Waals surface area (Å²) in [6, 6.07) is 10.1. The molecular formula is C17H14N6O5. The topological polar surface area (TPSA) is 166 Å². The molecule has 11 nitrogen and oxygen atoms in total. The van der Waals surface area contributed by atoms with Crippen LogP contribution in [0.1, 0.15) is 6.92 Å². The molecule has 0 bridgehead atoms. The molecule has 0 aliphatic rings. The van der Waals surface area contributed by atoms with Crippen LogP contribution in [-0.4, -0.2) is 25.9 Å². The van der Waals surface area contributed by atoms with Gasteiger partial charge in [-0.25, -0.2) is 4.79 Å². The first-order chi connectivity index (χ1) is 13.3. The fourth-order valence-electron chi connectivity index (χ4n) is 2.36. The van der Waals surface area contributed by atoms with Crippen molar-refractivity contribution in [3.63, 3.8) is 0 Å². The summed E-state index contributed by atoms with van der Waals surface area (Å²) in [5.41, 5.74) is 0.667. The fraction of sp³-hybridized carbons (Fsp3) is 0.0588. The van der Waals surface area contributed by atoms with E-state index >= 15 is 0 Å². The highest BCUT2D eigenvalue weighted by Crippen LogP contribution is 2.21. The summed E-state index contributed by atoms with van der Waals surface area (Å²) in [5.74, 6) is -1.18. The summed E-state index contributed by atoms with van der Waals surface area (Å²) in [5, 5.41) is 30.7. The molecule has 1 aromatic heterocycles. The van der Waals surface area contributed by atoms with E-state index in [0.29, 0.717) is 16.7 Å². The Kier molecular flexibility index (Phi) is 4.98. The average molecular weight is 382 g/mol. The second kappa shape index (κ2) is 7.53. The van der Waals surface area contributed by atoms with Gasteiger partial charge in [0.1, 0.15) is 5.76 Å². The van der Waals surface area contributed by atoms with Crippen LogP contribution in [0.15, 0.2) is 68.9 Å². The van der Waals surface area contributed by atoms with Gasteiger partial charge in [-0.2, -0.15) is 5.11 Å². The van der Waals surface area contributed by atoms with E-state index < -0.39 is 10.8 Å². The van der Waals surface area contributed by atoms with E-state index in [1.54, 1.807) is 18.2 Å². The molecule has 142 valence electrons. The Hall–Kier alpha value is -4.28. The lowest BCUT2D eigenvalue weighted by Crippen LogP contribution is -2.14. The Labute approximate surface area is 156 Å². The number of allylic oxidation sites excluding steroid dienone is 1. The number of aromatic nitrogens is 2. The summed E-state index contributed by atoms with van der Waals surface area (Å²) < 4.78 is 0. The third-order valence-corrected chi connectivity index (χ3v) is 3.64. The smallest absolute Gasteiger partial charge is 0.323 e. The molecule has 3 aromatic rings. The molecular weight excluding hydrogens is 368 g/mol. The van der Waals surface area contributed by atoms with E-state index in [1.807, 2.05) is 0 Å². The van der Waals surface area contributed by atoms with Gasteiger partial charge >= 0.3 is 5.69 Å². The molecule has 0 fully saturated rings. The lowest BCUT2D eigenvalue weighted by atomic mass is 10.2. The number of anilines is 1. The van der Waals surface area contributed by atoms with Gasteiger partial charge in [0, 0.05) is 17.8 Å². The summed E-state index contributed by atoms with van der Waals surface area (Å²) in [4.78, 5) is 39.0. The summed E-state index contributed by atoms with van der Waals surface area (Å²) in [6.45, 7) is 1.26. The first-order valence-electron chi connectivity index (χ1n) is 7.93. The van der Waals surface area contributed by atoms with Gasteiger partial charge in [-0.3, -0.25) is 14.9 Å². The minimum atomic E-state index is -0.791. The van der Waals surface area contributed by atoms with Crippen molar-refractivity contribution in [2.45, 2.75) is 6.92 Å². The zero-order valence-electron chi connectivity index (χ0n) is 14.5. The number of nitrogens with one attached hydrogen (secondary N) is 3. The van der Waals surface area contributed by atoms with E-state index in [2.05, 4.69) is 25.5 Å². The highest BCUT2D eigenvalue weighted by molar-refractivity contribution is 6.03. The maximum Gasteiger partial charge on any atom is 0.323 e. The first kappa shape index (κ1) is 18.5. The number of aliphatic hydroxyl groups excluding tert-OH is 1. The minimum absolute atomic E-state index is 0.166. The van der Waals surface area contributed by atoms with Crippen molar-refractivity contribution in [1.29, 1.82) is 0 Å². The number of aliphatic hydroxyl groups is 1. The largest absolute Gasteiger partial charge is 0.510 e. The Bertz CT molecular complexity index is 1190. The Balaban J connectivity index is 1.82. The zero-order chi connectivity index (χ0) is 20.3. The number of nitro groups is 1. The van der Waals surface area contributed by atoms with Crippen LogP contribution in [0.2, 0.25) is 0 Å². The number of non-ortho nitro benzene ring substituents is 1. The Morgan fingerprint density at radius 1 is 1.18 bits per heavy atom. The molecule has 0 aliphatic heterocycles. The van der Waals surface area contributed by atoms with Crippen LogP contribution < -0.4 is 11.0 Å². The van der Waals surface area contributed by atoms with E-state index in [0.717, 1.165) is 0 Å². The number of amides is 1. The molecule has 0 spiro atoms. The standard InChI is InChI=1S/C17H14N6O5/c1-9(24)15(16(25)18-10-3-2-4-12(7-10)23(27)28)22-21-11-5-6-13-14(8-11)20-17(26)19-13/h2-8,24H,1H3,(H,18,25)(H2,19,20,26). The lowest BCUT2D eigenvalue weighted by Gasteiger charge is -2.05. The molecule has 2 aromatic carbocycles. The van der Waals surface area contributed by atoms with Crippen molar-refractivity contribution in [3.8, 4) is 0 Å². The molecule has 0 radical (unpaired) electrons. The highest BCUT2D eigenvalue weighted by atomic mass is 16.6. The number of H-pyrrole nitrogens is 2. The van der Waals surface area contributed by atoms with Gasteiger partial charge in [-0.05, 0) is 31.2 Å². The Morgan fingerprint density at radius 3 is 2.64 bits per heavy atom. The van der Waals surface area contributed by atoms with Gasteiger partial charge in [0.05, 0.1) is 21.6 Å². The van der Waals surface area contributed by atoms with Crippen molar-refractivity contribution < 1.29 is 14.8 Å². The number of carbonyl (C=O) groups is 1. The SMILES string of the molecule is CC(O)=C(N=Nc1ccc2[nH]c(=O)[nH]c2c1)C(=O)Nc1cccc([N+](=O)[O-])c1. The second-order valence-electron chi connectivity index (χ2n) is 5.70. The maximum atomic E-state index is 12.4. The Morgan fingerprint density at radius 2 is 1.93 bits per heavy atom. The number of hydrogen-bond acceptors (Lipinski definition) is 7. The van der Waals surface area contributed by atoms with E-state index in [9.17, 15) is 24.8 Å². The van der Waals surface area contributed by atoms with Crippen molar-refractivity contribution >= 4 is 34.0 Å². The van der Waals surface area contributed by atoms with Gasteiger partial charge < -0.3 is 20.4 Å². The van der Waals surface area contributed by atoms with Crippen molar-refractivity contribution in [2.75, 3.05) is 5.32 Å². The monoisotopic (exact) mass is 382 g/mol. The van der Waals surface area contributed by atoms with Crippen molar-refractivity contribution in [3.05, 3.63) is 74.5 Å². The molecule has 1 amide bonds. The van der Waals surface area contributed by atoms with Gasteiger partial charge in [-0.15, -0.1) is 5.11 Å². The first-order valence-corrected chi connectivity index (χ1v) is 7.93. The number of hydrogen-bond donors (Lipinski definition) is 4.